The van der Waals surface area contributed by atoms with Crippen molar-refractivity contribution in [3.05, 3.63) is 59.7 Å². The molecule has 0 heterocycles. The molecule has 4 heteroatoms. The van der Waals surface area contributed by atoms with Crippen molar-refractivity contribution < 1.29 is 19.7 Å². The molecule has 0 bridgehead atoms. The third-order valence-electron chi connectivity index (χ3n) is 6.16. The van der Waals surface area contributed by atoms with E-state index in [1.807, 2.05) is 0 Å². The number of aliphatic hydroxyl groups excluding tert-OH is 2. The van der Waals surface area contributed by atoms with Crippen molar-refractivity contribution in [2.45, 2.75) is 63.2 Å². The van der Waals surface area contributed by atoms with Crippen LogP contribution in [0.3, 0.4) is 0 Å². The van der Waals surface area contributed by atoms with Crippen LogP contribution < -0.4 is 9.47 Å². The van der Waals surface area contributed by atoms with Gasteiger partial charge >= 0.3 is 0 Å². The van der Waals surface area contributed by atoms with Gasteiger partial charge in [0, 0.05) is 18.6 Å². The highest BCUT2D eigenvalue weighted by Gasteiger charge is 2.35. The molecule has 30 heavy (non-hydrogen) atoms. The number of ether oxygens (including phenoxy) is 2. The predicted octanol–water partition coefficient (Wildman–Crippen LogP) is 5.24. The summed E-state index contributed by atoms with van der Waals surface area (Å²) in [7, 11) is 0. The lowest BCUT2D eigenvalue weighted by Crippen LogP contribution is -2.30. The molecule has 2 N–H and O–H groups in total. The van der Waals surface area contributed by atoms with Crippen LogP contribution in [0.25, 0.3) is 0 Å². The van der Waals surface area contributed by atoms with Crippen LogP contribution in [0.15, 0.2) is 48.5 Å². The van der Waals surface area contributed by atoms with Gasteiger partial charge in [0.05, 0.1) is 13.2 Å². The zero-order valence-electron chi connectivity index (χ0n) is 18.0. The normalized spacial score (nSPS) is 15.7. The van der Waals surface area contributed by atoms with Crippen LogP contribution in [-0.4, -0.2) is 36.6 Å². The average molecular weight is 413 g/mol. The van der Waals surface area contributed by atoms with Gasteiger partial charge in [-0.15, -0.1) is 0 Å². The molecular weight excluding hydrogens is 376 g/mol. The van der Waals surface area contributed by atoms with Crippen LogP contribution in [-0.2, 0) is 5.41 Å². The fourth-order valence-electron chi connectivity index (χ4n) is 4.45. The van der Waals surface area contributed by atoms with Crippen molar-refractivity contribution in [3.63, 3.8) is 0 Å². The monoisotopic (exact) mass is 412 g/mol. The second-order valence-electron chi connectivity index (χ2n) is 8.25. The Kier molecular flexibility index (Phi) is 9.03. The van der Waals surface area contributed by atoms with Gasteiger partial charge in [0.25, 0.3) is 0 Å². The van der Waals surface area contributed by atoms with Crippen LogP contribution in [0, 0.1) is 0 Å². The van der Waals surface area contributed by atoms with Crippen molar-refractivity contribution >= 4 is 0 Å². The van der Waals surface area contributed by atoms with Gasteiger partial charge in [-0.2, -0.15) is 0 Å². The fourth-order valence-corrected chi connectivity index (χ4v) is 4.45. The van der Waals surface area contributed by atoms with Gasteiger partial charge in [0.2, 0.25) is 0 Å². The average Bonchev–Trinajstić information content (AvgIpc) is 2.81. The summed E-state index contributed by atoms with van der Waals surface area (Å²) in [6.07, 6.45) is 9.44. The maximum absolute atomic E-state index is 8.89. The van der Waals surface area contributed by atoms with Gasteiger partial charge in [-0.1, -0.05) is 43.5 Å². The van der Waals surface area contributed by atoms with Crippen LogP contribution in [0.5, 0.6) is 11.5 Å². The molecule has 0 amide bonds. The lowest BCUT2D eigenvalue weighted by atomic mass is 9.65. The summed E-state index contributed by atoms with van der Waals surface area (Å²) in [4.78, 5) is 0. The summed E-state index contributed by atoms with van der Waals surface area (Å²) in [6.45, 7) is 1.73. The van der Waals surface area contributed by atoms with Crippen LogP contribution in [0.2, 0.25) is 0 Å². The minimum Gasteiger partial charge on any atom is -0.494 e. The maximum atomic E-state index is 8.89. The Labute approximate surface area is 180 Å². The van der Waals surface area contributed by atoms with Crippen molar-refractivity contribution in [2.24, 2.45) is 0 Å². The van der Waals surface area contributed by atoms with Crippen molar-refractivity contribution in [3.8, 4) is 11.5 Å². The number of hydrogen-bond acceptors (Lipinski definition) is 4. The topological polar surface area (TPSA) is 58.9 Å². The third kappa shape index (κ3) is 5.99. The molecule has 0 radical (unpaired) electrons. The minimum absolute atomic E-state index is 0.0586. The van der Waals surface area contributed by atoms with Crippen molar-refractivity contribution in [1.82, 2.24) is 0 Å². The van der Waals surface area contributed by atoms with E-state index >= 15 is 0 Å². The maximum Gasteiger partial charge on any atom is 0.119 e. The summed E-state index contributed by atoms with van der Waals surface area (Å²) < 4.78 is 11.6. The number of hydrogen-bond donors (Lipinski definition) is 2. The Balaban J connectivity index is 1.71. The Morgan fingerprint density at radius 2 is 1.03 bits per heavy atom. The van der Waals surface area contributed by atoms with E-state index in [2.05, 4.69) is 48.5 Å². The van der Waals surface area contributed by atoms with Gasteiger partial charge in [0.1, 0.15) is 11.5 Å². The zero-order valence-corrected chi connectivity index (χ0v) is 18.0. The molecule has 4 nitrogen and oxygen atoms in total. The number of rotatable bonds is 12. The molecule has 0 saturated heterocycles. The molecule has 3 rings (SSSR count). The van der Waals surface area contributed by atoms with Gasteiger partial charge in [-0.05, 0) is 73.9 Å². The summed E-state index contributed by atoms with van der Waals surface area (Å²) in [5.74, 6) is 1.79. The van der Waals surface area contributed by atoms with E-state index < -0.39 is 0 Å². The van der Waals surface area contributed by atoms with Gasteiger partial charge < -0.3 is 19.7 Å². The first-order valence-corrected chi connectivity index (χ1v) is 11.5. The number of unbranched alkanes of at least 4 members (excludes halogenated alkanes) is 2. The van der Waals surface area contributed by atoms with E-state index in [0.29, 0.717) is 13.2 Å². The van der Waals surface area contributed by atoms with E-state index in [-0.39, 0.29) is 18.6 Å². The molecule has 2 aromatic carbocycles. The molecule has 0 aliphatic heterocycles. The molecule has 1 aliphatic rings. The van der Waals surface area contributed by atoms with E-state index in [9.17, 15) is 0 Å². The highest BCUT2D eigenvalue weighted by molar-refractivity contribution is 5.43. The van der Waals surface area contributed by atoms with Crippen molar-refractivity contribution in [1.29, 1.82) is 0 Å². The fraction of sp³-hybridized carbons (Fsp3) is 0.538. The minimum atomic E-state index is 0.0586. The summed E-state index contributed by atoms with van der Waals surface area (Å²) in [5, 5.41) is 17.8. The highest BCUT2D eigenvalue weighted by Crippen LogP contribution is 2.45. The number of benzene rings is 2. The van der Waals surface area contributed by atoms with Crippen LogP contribution in [0.4, 0.5) is 0 Å². The number of aliphatic hydroxyl groups is 2. The van der Waals surface area contributed by atoms with Gasteiger partial charge in [-0.3, -0.25) is 0 Å². The molecular formula is C26H36O4. The van der Waals surface area contributed by atoms with Crippen LogP contribution >= 0.6 is 0 Å². The molecule has 0 atom stereocenters. The van der Waals surface area contributed by atoms with Crippen LogP contribution in [0.1, 0.15) is 68.9 Å². The Morgan fingerprint density at radius 1 is 0.600 bits per heavy atom. The standard InChI is InChI=1S/C26H36O4/c27-18-4-6-20-29-24-12-8-22(9-13-24)26(16-2-1-3-17-26)23-10-14-25(15-11-23)30-21-7-5-19-28/h8-15,27-28H,1-7,16-21H2. The smallest absolute Gasteiger partial charge is 0.119 e. The van der Waals surface area contributed by atoms with E-state index in [1.54, 1.807) is 0 Å². The molecule has 0 spiro atoms. The van der Waals surface area contributed by atoms with Crippen molar-refractivity contribution in [2.75, 3.05) is 26.4 Å². The molecule has 1 aliphatic carbocycles. The van der Waals surface area contributed by atoms with Gasteiger partial charge in [0.15, 0.2) is 0 Å². The molecule has 2 aromatic rings. The third-order valence-corrected chi connectivity index (χ3v) is 6.16. The summed E-state index contributed by atoms with van der Waals surface area (Å²) >= 11 is 0. The lowest BCUT2D eigenvalue weighted by molar-refractivity contribution is 0.253. The largest absolute Gasteiger partial charge is 0.494 e. The molecule has 1 fully saturated rings. The molecule has 0 unspecified atom stereocenters. The predicted molar refractivity (Wildman–Crippen MR) is 120 cm³/mol. The Morgan fingerprint density at radius 3 is 1.43 bits per heavy atom. The van der Waals surface area contributed by atoms with E-state index in [0.717, 1.165) is 37.2 Å². The molecule has 1 saturated carbocycles. The summed E-state index contributed by atoms with van der Waals surface area (Å²) in [5.41, 5.74) is 2.78. The first-order valence-electron chi connectivity index (χ1n) is 11.5. The highest BCUT2D eigenvalue weighted by atomic mass is 16.5. The first kappa shape index (κ1) is 22.6. The first-order chi connectivity index (χ1) is 14.8. The second-order valence-corrected chi connectivity index (χ2v) is 8.25. The lowest BCUT2D eigenvalue weighted by Gasteiger charge is -2.38. The summed E-state index contributed by atoms with van der Waals surface area (Å²) in [6, 6.07) is 17.3. The molecule has 164 valence electrons. The zero-order chi connectivity index (χ0) is 21.1. The van der Waals surface area contributed by atoms with E-state index in [1.165, 1.54) is 43.2 Å². The Bertz CT molecular complexity index is 660. The van der Waals surface area contributed by atoms with Gasteiger partial charge in [-0.25, -0.2) is 0 Å². The quantitative estimate of drug-likeness (QED) is 0.468. The Hall–Kier alpha value is -2.04. The SMILES string of the molecule is OCCCCOc1ccc(C2(c3ccc(OCCCCO)cc3)CCCCC2)cc1. The van der Waals surface area contributed by atoms with E-state index in [4.69, 9.17) is 19.7 Å². The molecule has 0 aromatic heterocycles. The second kappa shape index (κ2) is 12.0.